The molecule has 4 heteroatoms. The highest BCUT2D eigenvalue weighted by atomic mass is 32.1. The van der Waals surface area contributed by atoms with Gasteiger partial charge in [0.1, 0.15) is 0 Å². The highest BCUT2D eigenvalue weighted by molar-refractivity contribution is 7.27. The number of hydrogen-bond donors (Lipinski definition) is 0. The Bertz CT molecular complexity index is 2790. The van der Waals surface area contributed by atoms with Crippen LogP contribution in [0, 0.1) is 0 Å². The van der Waals surface area contributed by atoms with E-state index in [1.165, 1.54) is 52.8 Å². The summed E-state index contributed by atoms with van der Waals surface area (Å²) in [6.45, 7) is 0. The van der Waals surface area contributed by atoms with E-state index >= 15 is 0 Å². The Labute approximate surface area is 268 Å². The Hall–Kier alpha value is -5.84. The van der Waals surface area contributed by atoms with Gasteiger partial charge >= 0.3 is 0 Å². The predicted molar refractivity (Wildman–Crippen MR) is 195 cm³/mol. The van der Waals surface area contributed by atoms with Crippen molar-refractivity contribution in [3.63, 3.8) is 0 Å². The molecule has 3 heterocycles. The average molecular weight is 604 g/mol. The summed E-state index contributed by atoms with van der Waals surface area (Å²) in [7, 11) is 0. The number of thiophene rings is 1. The van der Waals surface area contributed by atoms with Gasteiger partial charge in [0, 0.05) is 47.3 Å². The summed E-state index contributed by atoms with van der Waals surface area (Å²) < 4.78 is 4.89. The molecule has 3 nitrogen and oxygen atoms in total. The summed E-state index contributed by atoms with van der Waals surface area (Å²) >= 11 is 1.87. The first-order valence-corrected chi connectivity index (χ1v) is 16.3. The molecule has 0 radical (unpaired) electrons. The van der Waals surface area contributed by atoms with Crippen molar-refractivity contribution >= 4 is 75.0 Å². The lowest BCUT2D eigenvalue weighted by Crippen LogP contribution is -2.03. The number of benzene rings is 7. The molecule has 0 aliphatic carbocycles. The van der Waals surface area contributed by atoms with Crippen LogP contribution in [0.4, 0.5) is 0 Å². The molecule has 10 aromatic rings. The summed E-state index contributed by atoms with van der Waals surface area (Å²) in [4.78, 5) is 10.7. The van der Waals surface area contributed by atoms with Gasteiger partial charge in [-0.2, -0.15) is 0 Å². The molecule has 0 N–H and O–H groups in total. The molecule has 10 rings (SSSR count). The molecule has 0 fully saturated rings. The molecule has 3 aromatic heterocycles. The smallest absolute Gasteiger partial charge is 0.235 e. The van der Waals surface area contributed by atoms with Crippen LogP contribution in [0.5, 0.6) is 0 Å². The number of hydrogen-bond acceptors (Lipinski definition) is 3. The number of nitrogens with zero attached hydrogens (tertiary/aromatic N) is 3. The Kier molecular flexibility index (Phi) is 5.45. The van der Waals surface area contributed by atoms with E-state index in [1.807, 2.05) is 11.3 Å². The topological polar surface area (TPSA) is 30.7 Å². The predicted octanol–water partition coefficient (Wildman–Crippen LogP) is 11.6. The van der Waals surface area contributed by atoms with Crippen molar-refractivity contribution in [1.82, 2.24) is 14.5 Å². The van der Waals surface area contributed by atoms with E-state index in [0.717, 1.165) is 33.2 Å². The fourth-order valence-corrected chi connectivity index (χ4v) is 8.41. The summed E-state index contributed by atoms with van der Waals surface area (Å²) in [6.07, 6.45) is 0. The third kappa shape index (κ3) is 3.65. The second-order valence-electron chi connectivity index (χ2n) is 11.8. The van der Waals surface area contributed by atoms with E-state index in [0.29, 0.717) is 5.95 Å². The van der Waals surface area contributed by atoms with Crippen molar-refractivity contribution in [2.75, 3.05) is 0 Å². The maximum absolute atomic E-state index is 5.42. The van der Waals surface area contributed by atoms with Crippen LogP contribution in [0.3, 0.4) is 0 Å². The standard InChI is InChI=1S/C42H25N3S/c1-2-12-26(13-3-1)27-22-24-28(25-23-27)39-31-16-6-9-19-34(31)43-42(44-39)45-35-20-10-7-17-32(35)37-29-14-4-5-15-30(29)41-38(40(37)45)33-18-8-11-21-36(33)46-41/h1-25H. The maximum atomic E-state index is 5.42. The third-order valence-corrected chi connectivity index (χ3v) is 10.4. The van der Waals surface area contributed by atoms with Crippen LogP contribution in [0.2, 0.25) is 0 Å². The Morgan fingerprint density at radius 3 is 1.87 bits per heavy atom. The third-order valence-electron chi connectivity index (χ3n) is 9.20. The van der Waals surface area contributed by atoms with E-state index in [1.54, 1.807) is 0 Å². The van der Waals surface area contributed by atoms with Gasteiger partial charge in [-0.3, -0.25) is 4.57 Å². The van der Waals surface area contributed by atoms with Gasteiger partial charge in [0.15, 0.2) is 0 Å². The van der Waals surface area contributed by atoms with Crippen molar-refractivity contribution < 1.29 is 0 Å². The second kappa shape index (κ2) is 9.83. The number of fused-ring (bicyclic) bond motifs is 11. The van der Waals surface area contributed by atoms with Gasteiger partial charge in [0.2, 0.25) is 5.95 Å². The lowest BCUT2D eigenvalue weighted by molar-refractivity contribution is 1.02. The average Bonchev–Trinajstić information content (AvgIpc) is 3.68. The molecular formula is C42H25N3S. The fourth-order valence-electron chi connectivity index (χ4n) is 7.16. The van der Waals surface area contributed by atoms with Gasteiger partial charge in [-0.15, -0.1) is 11.3 Å². The van der Waals surface area contributed by atoms with E-state index in [-0.39, 0.29) is 0 Å². The molecule has 0 aliphatic rings. The zero-order valence-electron chi connectivity index (χ0n) is 24.7. The quantitative estimate of drug-likeness (QED) is 0.201. The molecule has 214 valence electrons. The van der Waals surface area contributed by atoms with Gasteiger partial charge in [0.25, 0.3) is 0 Å². The normalized spacial score (nSPS) is 11.9. The summed E-state index contributed by atoms with van der Waals surface area (Å²) in [5.74, 6) is 0.680. The summed E-state index contributed by atoms with van der Waals surface area (Å²) in [5.41, 5.74) is 7.57. The van der Waals surface area contributed by atoms with Gasteiger partial charge in [-0.1, -0.05) is 133 Å². The molecule has 0 saturated carbocycles. The second-order valence-corrected chi connectivity index (χ2v) is 12.8. The highest BCUT2D eigenvalue weighted by Crippen LogP contribution is 2.47. The van der Waals surface area contributed by atoms with Crippen LogP contribution in [0.1, 0.15) is 0 Å². The molecule has 0 amide bonds. The van der Waals surface area contributed by atoms with Crippen LogP contribution in [0.15, 0.2) is 152 Å². The summed E-state index contributed by atoms with van der Waals surface area (Å²) in [5, 5.41) is 8.55. The van der Waals surface area contributed by atoms with Crippen LogP contribution < -0.4 is 0 Å². The van der Waals surface area contributed by atoms with Gasteiger partial charge in [0.05, 0.1) is 22.2 Å². The van der Waals surface area contributed by atoms with E-state index in [9.17, 15) is 0 Å². The zero-order chi connectivity index (χ0) is 30.2. The Morgan fingerprint density at radius 2 is 1.04 bits per heavy atom. The van der Waals surface area contributed by atoms with Crippen molar-refractivity contribution in [3.8, 4) is 28.3 Å². The molecule has 0 aliphatic heterocycles. The molecule has 0 saturated heterocycles. The molecule has 0 spiro atoms. The monoisotopic (exact) mass is 603 g/mol. The molecule has 0 unspecified atom stereocenters. The van der Waals surface area contributed by atoms with Crippen LogP contribution in [0.25, 0.3) is 92.0 Å². The van der Waals surface area contributed by atoms with Crippen molar-refractivity contribution in [1.29, 1.82) is 0 Å². The first kappa shape index (κ1) is 25.5. The molecule has 0 bridgehead atoms. The zero-order valence-corrected chi connectivity index (χ0v) is 25.5. The lowest BCUT2D eigenvalue weighted by atomic mass is 10.00. The Morgan fingerprint density at radius 1 is 0.435 bits per heavy atom. The van der Waals surface area contributed by atoms with Crippen molar-refractivity contribution in [2.45, 2.75) is 0 Å². The fraction of sp³-hybridized carbons (Fsp3) is 0. The van der Waals surface area contributed by atoms with Crippen molar-refractivity contribution in [3.05, 3.63) is 152 Å². The minimum atomic E-state index is 0.680. The van der Waals surface area contributed by atoms with Gasteiger partial charge in [-0.25, -0.2) is 9.97 Å². The van der Waals surface area contributed by atoms with Gasteiger partial charge in [-0.05, 0) is 34.7 Å². The van der Waals surface area contributed by atoms with Crippen LogP contribution >= 0.6 is 11.3 Å². The molecule has 46 heavy (non-hydrogen) atoms. The number of aromatic nitrogens is 3. The SMILES string of the molecule is c1ccc(-c2ccc(-c3nc(-n4c5ccccc5c5c6ccccc6c6sc7ccccc7c6c54)nc4ccccc34)cc2)cc1. The Balaban J connectivity index is 1.34. The first-order chi connectivity index (χ1) is 22.8. The van der Waals surface area contributed by atoms with Crippen LogP contribution in [-0.4, -0.2) is 14.5 Å². The van der Waals surface area contributed by atoms with E-state index in [2.05, 4.69) is 156 Å². The minimum absolute atomic E-state index is 0.680. The van der Waals surface area contributed by atoms with Crippen molar-refractivity contribution in [2.24, 2.45) is 0 Å². The number of para-hydroxylation sites is 2. The molecule has 0 atom stereocenters. The largest absolute Gasteiger partial charge is 0.277 e. The first-order valence-electron chi connectivity index (χ1n) is 15.5. The van der Waals surface area contributed by atoms with Gasteiger partial charge < -0.3 is 0 Å². The number of rotatable bonds is 3. The molecular weight excluding hydrogens is 579 g/mol. The molecule has 7 aromatic carbocycles. The summed E-state index contributed by atoms with van der Waals surface area (Å²) in [6, 6.07) is 53.9. The van der Waals surface area contributed by atoms with Crippen LogP contribution in [-0.2, 0) is 0 Å². The minimum Gasteiger partial charge on any atom is -0.277 e. The van der Waals surface area contributed by atoms with E-state index < -0.39 is 0 Å². The lowest BCUT2D eigenvalue weighted by Gasteiger charge is -2.13. The van der Waals surface area contributed by atoms with E-state index in [4.69, 9.17) is 9.97 Å². The highest BCUT2D eigenvalue weighted by Gasteiger charge is 2.23. The maximum Gasteiger partial charge on any atom is 0.235 e.